The molecule has 3 fully saturated rings. The number of benzene rings is 2. The van der Waals surface area contributed by atoms with E-state index in [0.29, 0.717) is 52.8 Å². The van der Waals surface area contributed by atoms with Crippen molar-refractivity contribution in [3.05, 3.63) is 53.0 Å². The van der Waals surface area contributed by atoms with Gasteiger partial charge < -0.3 is 14.7 Å². The predicted octanol–water partition coefficient (Wildman–Crippen LogP) is 6.23. The topological polar surface area (TPSA) is 84.5 Å². The van der Waals surface area contributed by atoms with Crippen molar-refractivity contribution in [1.82, 2.24) is 28.2 Å². The van der Waals surface area contributed by atoms with E-state index < -0.39 is 5.82 Å². The number of nitrogens with zero attached hydrogens (tertiary/aromatic N) is 7. The number of piperazine rings is 1. The fourth-order valence-corrected chi connectivity index (χ4v) is 7.31. The molecule has 3 aliphatic rings. The van der Waals surface area contributed by atoms with Crippen molar-refractivity contribution >= 4 is 73.9 Å². The predicted molar refractivity (Wildman–Crippen MR) is 182 cm³/mol. The Morgan fingerprint density at radius 3 is 2.59 bits per heavy atom. The Morgan fingerprint density at radius 2 is 1.91 bits per heavy atom. The molecule has 230 valence electrons. The summed E-state index contributed by atoms with van der Waals surface area (Å²) in [5.74, 6) is 0.968. The van der Waals surface area contributed by atoms with E-state index >= 15 is 4.39 Å². The van der Waals surface area contributed by atoms with Gasteiger partial charge in [-0.15, -0.1) is 0 Å². The van der Waals surface area contributed by atoms with Gasteiger partial charge in [0.05, 0.1) is 16.6 Å². The molecule has 4 aromatic rings. The Labute approximate surface area is 274 Å². The lowest BCUT2D eigenvalue weighted by Gasteiger charge is -2.45. The van der Waals surface area contributed by atoms with Gasteiger partial charge in [0.25, 0.3) is 0 Å². The number of anilines is 2. The van der Waals surface area contributed by atoms with Crippen LogP contribution >= 0.6 is 34.5 Å². The fraction of sp³-hybridized carbons (Fsp3) is 0.438. The molecule has 1 aliphatic carbocycles. The van der Waals surface area contributed by atoms with Crippen molar-refractivity contribution < 1.29 is 9.18 Å². The Morgan fingerprint density at radius 1 is 1.16 bits per heavy atom. The van der Waals surface area contributed by atoms with Crippen LogP contribution in [0, 0.1) is 12.7 Å². The van der Waals surface area contributed by atoms with Gasteiger partial charge in [-0.2, -0.15) is 10.1 Å². The highest BCUT2D eigenvalue weighted by atomic mass is 127. The van der Waals surface area contributed by atoms with Crippen molar-refractivity contribution in [2.75, 3.05) is 43.0 Å². The molecule has 0 unspecified atom stereocenters. The number of aryl methyl sites for hydroxylation is 1. The molecule has 0 radical (unpaired) electrons. The van der Waals surface area contributed by atoms with Gasteiger partial charge in [0.1, 0.15) is 11.3 Å². The van der Waals surface area contributed by atoms with Crippen molar-refractivity contribution in [2.24, 2.45) is 0 Å². The first-order valence-corrected chi connectivity index (χ1v) is 16.4. The highest BCUT2D eigenvalue weighted by molar-refractivity contribution is 14.1. The van der Waals surface area contributed by atoms with Crippen LogP contribution in [0.25, 0.3) is 32.9 Å². The molecular formula is C32H35ClFIN8O. The van der Waals surface area contributed by atoms with Gasteiger partial charge in [0.15, 0.2) is 5.82 Å². The first-order valence-electron chi connectivity index (χ1n) is 15.1. The van der Waals surface area contributed by atoms with E-state index in [1.165, 1.54) is 6.08 Å². The average molecular weight is 729 g/mol. The van der Waals surface area contributed by atoms with Crippen LogP contribution in [-0.2, 0) is 4.79 Å². The molecule has 1 amide bonds. The number of hydrogen-bond donors (Lipinski definition) is 1. The highest BCUT2D eigenvalue weighted by Crippen LogP contribution is 2.48. The van der Waals surface area contributed by atoms with Crippen LogP contribution in [-0.4, -0.2) is 85.4 Å². The van der Waals surface area contributed by atoms with E-state index in [-0.39, 0.29) is 23.5 Å². The zero-order valence-electron chi connectivity index (χ0n) is 25.2. The molecule has 2 aliphatic heterocycles. The third kappa shape index (κ3) is 4.82. The molecule has 2 atom stereocenters. The number of halogens is 3. The number of aromatic amines is 1. The number of hydrogen-bond acceptors (Lipinski definition) is 7. The molecule has 0 bridgehead atoms. The normalized spacial score (nSPS) is 21.0. The minimum atomic E-state index is -0.458. The second kappa shape index (κ2) is 11.1. The SMILES string of the molecule is C=CC(=O)N1C[C@H](C)N(c2nc(N3CC(N(C)I)C3)nc3c(F)c(-c4c(C)ccc5n[nH]c(C6CC6)c45)c(Cl)cc23)C[C@H]1C. The van der Waals surface area contributed by atoms with Gasteiger partial charge in [-0.05, 0) is 64.4 Å². The molecule has 1 N–H and O–H groups in total. The van der Waals surface area contributed by atoms with E-state index in [0.717, 1.165) is 53.7 Å². The number of likely N-dealkylation sites (N-methyl/N-ethyl adjacent to an activating group) is 1. The number of carbonyl (C=O) groups excluding carboxylic acids is 1. The van der Waals surface area contributed by atoms with Gasteiger partial charge >= 0.3 is 0 Å². The molecule has 44 heavy (non-hydrogen) atoms. The average Bonchev–Trinajstić information content (AvgIpc) is 3.72. The monoisotopic (exact) mass is 728 g/mol. The van der Waals surface area contributed by atoms with Crippen LogP contribution in [0.3, 0.4) is 0 Å². The Kier molecular flexibility index (Phi) is 7.48. The smallest absolute Gasteiger partial charge is 0.246 e. The van der Waals surface area contributed by atoms with Crippen molar-refractivity contribution in [3.63, 3.8) is 0 Å². The summed E-state index contributed by atoms with van der Waals surface area (Å²) in [6.07, 6.45) is 3.53. The summed E-state index contributed by atoms with van der Waals surface area (Å²) >= 11 is 9.36. The van der Waals surface area contributed by atoms with E-state index in [4.69, 9.17) is 21.6 Å². The molecular weight excluding hydrogens is 694 g/mol. The number of fused-ring (bicyclic) bond motifs is 2. The minimum absolute atomic E-state index is 0.0739. The maximum absolute atomic E-state index is 17.2. The number of nitrogens with one attached hydrogen (secondary N) is 1. The van der Waals surface area contributed by atoms with Crippen molar-refractivity contribution in [1.29, 1.82) is 0 Å². The third-order valence-corrected chi connectivity index (χ3v) is 10.5. The quantitative estimate of drug-likeness (QED) is 0.143. The molecule has 0 spiro atoms. The Balaban J connectivity index is 1.42. The summed E-state index contributed by atoms with van der Waals surface area (Å²) < 4.78 is 19.3. The summed E-state index contributed by atoms with van der Waals surface area (Å²) in [7, 11) is 2.05. The molecule has 1 saturated carbocycles. The summed E-state index contributed by atoms with van der Waals surface area (Å²) in [5.41, 5.74) is 4.12. The molecule has 2 aromatic carbocycles. The maximum atomic E-state index is 17.2. The van der Waals surface area contributed by atoms with E-state index in [1.54, 1.807) is 0 Å². The minimum Gasteiger partial charge on any atom is -0.349 e. The van der Waals surface area contributed by atoms with E-state index in [2.05, 4.69) is 59.5 Å². The van der Waals surface area contributed by atoms with Gasteiger partial charge in [-0.3, -0.25) is 9.89 Å². The maximum Gasteiger partial charge on any atom is 0.246 e. The number of amides is 1. The lowest BCUT2D eigenvalue weighted by atomic mass is 9.93. The second-order valence-corrected chi connectivity index (χ2v) is 14.4. The standard InChI is InChI=1S/C32H35ClFIN8O/c1-6-24(44)42-12-18(4)43(13-17(42)3)31-21-11-22(33)26(25-16(2)7-10-23-27(25)29(39-38-23)19-8-9-19)28(34)30(21)36-32(37-31)41-14-20(15-41)40(5)35/h6-7,10-11,17-20H,1,8-9,12-15H2,2-5H3,(H,38,39)/t17-,18+/m1/s1. The van der Waals surface area contributed by atoms with Gasteiger partial charge in [-0.25, -0.2) is 12.5 Å². The number of rotatable bonds is 6. The molecule has 4 heterocycles. The summed E-state index contributed by atoms with van der Waals surface area (Å²) in [5, 5.41) is 9.58. The molecule has 7 rings (SSSR count). The van der Waals surface area contributed by atoms with Crippen molar-refractivity contribution in [3.8, 4) is 11.1 Å². The van der Waals surface area contributed by atoms with Gasteiger partial charge in [0.2, 0.25) is 11.9 Å². The fourth-order valence-electron chi connectivity index (χ4n) is 6.68. The number of carbonyl (C=O) groups is 1. The third-order valence-electron chi connectivity index (χ3n) is 9.41. The highest BCUT2D eigenvalue weighted by Gasteiger charge is 2.37. The van der Waals surface area contributed by atoms with E-state index in [9.17, 15) is 4.79 Å². The van der Waals surface area contributed by atoms with Crippen LogP contribution in [0.15, 0.2) is 30.9 Å². The van der Waals surface area contributed by atoms with Crippen LogP contribution in [0.5, 0.6) is 0 Å². The largest absolute Gasteiger partial charge is 0.349 e. The molecule has 12 heteroatoms. The van der Waals surface area contributed by atoms with Gasteiger partial charge in [-0.1, -0.05) is 24.2 Å². The lowest BCUT2D eigenvalue weighted by Crippen LogP contribution is -2.58. The number of aromatic nitrogens is 4. The Bertz CT molecular complexity index is 1820. The Hall–Kier alpha value is -3.03. The van der Waals surface area contributed by atoms with Crippen LogP contribution < -0.4 is 9.80 Å². The second-order valence-electron chi connectivity index (χ2n) is 12.5. The van der Waals surface area contributed by atoms with Crippen molar-refractivity contribution in [2.45, 2.75) is 57.7 Å². The number of H-pyrrole nitrogens is 1. The summed E-state index contributed by atoms with van der Waals surface area (Å²) in [6, 6.07) is 5.97. The first-order chi connectivity index (χ1) is 21.1. The molecule has 9 nitrogen and oxygen atoms in total. The zero-order chi connectivity index (χ0) is 31.0. The van der Waals surface area contributed by atoms with Gasteiger partial charge in [0, 0.05) is 94.6 Å². The first kappa shape index (κ1) is 29.7. The van der Waals surface area contributed by atoms with Crippen LogP contribution in [0.1, 0.15) is 43.9 Å². The van der Waals surface area contributed by atoms with Crippen LogP contribution in [0.4, 0.5) is 16.2 Å². The van der Waals surface area contributed by atoms with Crippen LogP contribution in [0.2, 0.25) is 5.02 Å². The summed E-state index contributed by atoms with van der Waals surface area (Å²) in [4.78, 5) is 28.6. The molecule has 2 saturated heterocycles. The molecule has 2 aromatic heterocycles. The lowest BCUT2D eigenvalue weighted by molar-refractivity contribution is -0.128. The van der Waals surface area contributed by atoms with E-state index in [1.807, 2.05) is 44.0 Å². The summed E-state index contributed by atoms with van der Waals surface area (Å²) in [6.45, 7) is 12.3. The zero-order valence-corrected chi connectivity index (χ0v) is 28.2.